The van der Waals surface area contributed by atoms with Gasteiger partial charge in [0.2, 0.25) is 0 Å². The van der Waals surface area contributed by atoms with Crippen molar-refractivity contribution in [1.82, 2.24) is 4.90 Å². The molecule has 1 amide bonds. The third-order valence-electron chi connectivity index (χ3n) is 3.40. The summed E-state index contributed by atoms with van der Waals surface area (Å²) in [7, 11) is 1.76. The van der Waals surface area contributed by atoms with Crippen molar-refractivity contribution in [2.45, 2.75) is 25.8 Å². The first-order valence-electron chi connectivity index (χ1n) is 5.82. The zero-order valence-electron chi connectivity index (χ0n) is 10.1. The van der Waals surface area contributed by atoms with Crippen LogP contribution in [0.3, 0.4) is 0 Å². The highest BCUT2D eigenvalue weighted by atomic mass is 19.1. The highest BCUT2D eigenvalue weighted by Gasteiger charge is 2.32. The molecule has 2 N–H and O–H groups in total. The Bertz CT molecular complexity index is 423. The van der Waals surface area contributed by atoms with E-state index >= 15 is 0 Å². The largest absolute Gasteiger partial charge is 0.399 e. The molecule has 0 saturated heterocycles. The molecule has 17 heavy (non-hydrogen) atoms. The van der Waals surface area contributed by atoms with Gasteiger partial charge in [-0.3, -0.25) is 4.79 Å². The molecule has 0 aliphatic heterocycles. The molecular weight excluding hydrogens is 219 g/mol. The zero-order chi connectivity index (χ0) is 12.6. The minimum absolute atomic E-state index is 0.171. The topological polar surface area (TPSA) is 46.3 Å². The normalized spacial score (nSPS) is 16.6. The molecule has 92 valence electrons. The maximum Gasteiger partial charge on any atom is 0.254 e. The fourth-order valence-electron chi connectivity index (χ4n) is 2.02. The molecule has 2 rings (SSSR count). The molecule has 1 fully saturated rings. The van der Waals surface area contributed by atoms with Gasteiger partial charge in [-0.25, -0.2) is 4.39 Å². The van der Waals surface area contributed by atoms with E-state index in [4.69, 9.17) is 5.73 Å². The number of nitrogens with zero attached hydrogens (tertiary/aromatic N) is 1. The van der Waals surface area contributed by atoms with Crippen molar-refractivity contribution < 1.29 is 9.18 Å². The van der Waals surface area contributed by atoms with E-state index in [2.05, 4.69) is 0 Å². The summed E-state index contributed by atoms with van der Waals surface area (Å²) in [5, 5.41) is 0. The average molecular weight is 236 g/mol. The van der Waals surface area contributed by atoms with Crippen molar-refractivity contribution in [3.05, 3.63) is 29.6 Å². The predicted molar refractivity (Wildman–Crippen MR) is 65.1 cm³/mol. The van der Waals surface area contributed by atoms with Crippen LogP contribution in [0.1, 0.15) is 30.1 Å². The maximum atomic E-state index is 13.2. The second-order valence-corrected chi connectivity index (χ2v) is 4.77. The number of anilines is 1. The smallest absolute Gasteiger partial charge is 0.254 e. The predicted octanol–water partition coefficient (Wildman–Crippen LogP) is 2.28. The van der Waals surface area contributed by atoms with E-state index in [1.807, 2.05) is 6.92 Å². The molecule has 1 aromatic carbocycles. The fourth-order valence-corrected chi connectivity index (χ4v) is 2.02. The number of nitrogens with two attached hydrogens (primary N) is 1. The van der Waals surface area contributed by atoms with Crippen LogP contribution >= 0.6 is 0 Å². The molecule has 0 heterocycles. The van der Waals surface area contributed by atoms with Gasteiger partial charge < -0.3 is 10.6 Å². The molecular formula is C13H17FN2O. The van der Waals surface area contributed by atoms with Crippen LogP contribution < -0.4 is 5.73 Å². The highest BCUT2D eigenvalue weighted by molar-refractivity contribution is 5.95. The molecule has 0 spiro atoms. The number of nitrogen functional groups attached to an aromatic ring is 1. The van der Waals surface area contributed by atoms with Gasteiger partial charge in [-0.2, -0.15) is 0 Å². The summed E-state index contributed by atoms with van der Waals surface area (Å²) in [5.74, 6) is -0.0497. The quantitative estimate of drug-likeness (QED) is 0.818. The molecule has 1 atom stereocenters. The number of benzene rings is 1. The fraction of sp³-hybridized carbons (Fsp3) is 0.462. The molecule has 1 unspecified atom stereocenters. The number of halogens is 1. The van der Waals surface area contributed by atoms with Crippen LogP contribution in [0.2, 0.25) is 0 Å². The van der Waals surface area contributed by atoms with E-state index < -0.39 is 5.82 Å². The number of hydrogen-bond acceptors (Lipinski definition) is 2. The lowest BCUT2D eigenvalue weighted by Gasteiger charge is -2.25. The van der Waals surface area contributed by atoms with Crippen LogP contribution in [0.25, 0.3) is 0 Å². The number of amides is 1. The molecule has 0 bridgehead atoms. The van der Waals surface area contributed by atoms with Crippen LogP contribution in [-0.4, -0.2) is 23.9 Å². The minimum atomic E-state index is -0.471. The van der Waals surface area contributed by atoms with Crippen molar-refractivity contribution in [2.24, 2.45) is 5.92 Å². The maximum absolute atomic E-state index is 13.2. The number of hydrogen-bond donors (Lipinski definition) is 1. The highest BCUT2D eigenvalue weighted by Crippen LogP contribution is 2.35. The second-order valence-electron chi connectivity index (χ2n) is 4.77. The summed E-state index contributed by atoms with van der Waals surface area (Å²) in [6, 6.07) is 4.16. The van der Waals surface area contributed by atoms with Crippen molar-refractivity contribution in [3.63, 3.8) is 0 Å². The van der Waals surface area contributed by atoms with Crippen molar-refractivity contribution in [1.29, 1.82) is 0 Å². The zero-order valence-corrected chi connectivity index (χ0v) is 10.1. The Morgan fingerprint density at radius 2 is 2.12 bits per heavy atom. The summed E-state index contributed by atoms with van der Waals surface area (Å²) in [6.45, 7) is 2.03. The molecule has 0 aromatic heterocycles. The summed E-state index contributed by atoms with van der Waals surface area (Å²) < 4.78 is 13.2. The van der Waals surface area contributed by atoms with Crippen LogP contribution in [0.5, 0.6) is 0 Å². The minimum Gasteiger partial charge on any atom is -0.399 e. The van der Waals surface area contributed by atoms with Crippen molar-refractivity contribution in [3.8, 4) is 0 Å². The Morgan fingerprint density at radius 1 is 1.47 bits per heavy atom. The molecule has 1 aliphatic carbocycles. The third kappa shape index (κ3) is 2.57. The molecule has 1 aliphatic rings. The number of rotatable bonds is 3. The van der Waals surface area contributed by atoms with Crippen molar-refractivity contribution >= 4 is 11.6 Å². The third-order valence-corrected chi connectivity index (χ3v) is 3.40. The van der Waals surface area contributed by atoms with Gasteiger partial charge in [-0.1, -0.05) is 0 Å². The number of carbonyl (C=O) groups excluding carboxylic acids is 1. The van der Waals surface area contributed by atoms with E-state index in [-0.39, 0.29) is 17.6 Å². The molecule has 3 nitrogen and oxygen atoms in total. The van der Waals surface area contributed by atoms with Crippen LogP contribution in [0, 0.1) is 11.7 Å². The Morgan fingerprint density at radius 3 is 2.65 bits per heavy atom. The van der Waals surface area contributed by atoms with Gasteiger partial charge in [0.1, 0.15) is 5.82 Å². The van der Waals surface area contributed by atoms with E-state index in [0.29, 0.717) is 11.5 Å². The number of carbonyl (C=O) groups is 1. The van der Waals surface area contributed by atoms with E-state index in [1.54, 1.807) is 11.9 Å². The summed E-state index contributed by atoms with van der Waals surface area (Å²) in [6.07, 6.45) is 2.34. The lowest BCUT2D eigenvalue weighted by Crippen LogP contribution is -2.36. The standard InChI is InChI=1S/C13H17FN2O/c1-8(9-3-4-9)16(2)13(17)10-5-11(14)7-12(15)6-10/h5-9H,3-4,15H2,1-2H3. The Kier molecular flexibility index (Phi) is 3.05. The molecule has 0 radical (unpaired) electrons. The average Bonchev–Trinajstić information content (AvgIpc) is 3.08. The first-order chi connectivity index (χ1) is 7.99. The van der Waals surface area contributed by atoms with Gasteiger partial charge in [0.05, 0.1) is 0 Å². The first kappa shape index (κ1) is 11.9. The van der Waals surface area contributed by atoms with E-state index in [0.717, 1.165) is 0 Å². The van der Waals surface area contributed by atoms with Gasteiger partial charge in [-0.05, 0) is 43.9 Å². The van der Waals surface area contributed by atoms with E-state index in [1.165, 1.54) is 31.0 Å². The lowest BCUT2D eigenvalue weighted by molar-refractivity contribution is 0.0727. The second kappa shape index (κ2) is 4.35. The van der Waals surface area contributed by atoms with Gasteiger partial charge >= 0.3 is 0 Å². The summed E-state index contributed by atoms with van der Waals surface area (Å²) >= 11 is 0. The van der Waals surface area contributed by atoms with Gasteiger partial charge in [0.15, 0.2) is 0 Å². The van der Waals surface area contributed by atoms with E-state index in [9.17, 15) is 9.18 Å². The first-order valence-corrected chi connectivity index (χ1v) is 5.82. The van der Waals surface area contributed by atoms with Crippen molar-refractivity contribution in [2.75, 3.05) is 12.8 Å². The Hall–Kier alpha value is -1.58. The van der Waals surface area contributed by atoms with Crippen LogP contribution in [0.15, 0.2) is 18.2 Å². The monoisotopic (exact) mass is 236 g/mol. The molecule has 1 saturated carbocycles. The summed E-state index contributed by atoms with van der Waals surface area (Å²) in [5.41, 5.74) is 6.13. The SMILES string of the molecule is CC(C1CC1)N(C)C(=O)c1cc(N)cc(F)c1. The van der Waals surface area contributed by atoms with Gasteiger partial charge in [0.25, 0.3) is 5.91 Å². The Labute approximate surface area is 100 Å². The Balaban J connectivity index is 2.17. The molecule has 4 heteroatoms. The van der Waals surface area contributed by atoms with Gasteiger partial charge in [-0.15, -0.1) is 0 Å². The van der Waals surface area contributed by atoms with Crippen LogP contribution in [-0.2, 0) is 0 Å². The summed E-state index contributed by atoms with van der Waals surface area (Å²) in [4.78, 5) is 13.8. The van der Waals surface area contributed by atoms with Gasteiger partial charge in [0, 0.05) is 24.3 Å². The van der Waals surface area contributed by atoms with Crippen LogP contribution in [0.4, 0.5) is 10.1 Å². The lowest BCUT2D eigenvalue weighted by atomic mass is 10.1. The molecule has 1 aromatic rings.